The molecule has 6 heteroatoms. The third-order valence-corrected chi connectivity index (χ3v) is 5.29. The van der Waals surface area contributed by atoms with E-state index in [1.54, 1.807) is 24.3 Å². The molecule has 2 rings (SSSR count). The van der Waals surface area contributed by atoms with E-state index in [4.69, 9.17) is 5.11 Å². The molecule has 1 aromatic carbocycles. The van der Waals surface area contributed by atoms with Gasteiger partial charge < -0.3 is 10.0 Å². The molecule has 1 N–H and O–H groups in total. The van der Waals surface area contributed by atoms with Gasteiger partial charge in [-0.1, -0.05) is 17.7 Å². The van der Waals surface area contributed by atoms with E-state index in [2.05, 4.69) is 0 Å². The van der Waals surface area contributed by atoms with Crippen LogP contribution in [0, 0.1) is 12.8 Å². The van der Waals surface area contributed by atoms with Crippen molar-refractivity contribution >= 4 is 15.9 Å². The van der Waals surface area contributed by atoms with Crippen LogP contribution in [0.15, 0.2) is 29.2 Å². The van der Waals surface area contributed by atoms with Gasteiger partial charge in [-0.2, -0.15) is 0 Å². The molecule has 1 aromatic rings. The topological polar surface area (TPSA) is 74.7 Å². The minimum absolute atomic E-state index is 0.0137. The third-order valence-electron chi connectivity index (χ3n) is 3.39. The summed E-state index contributed by atoms with van der Waals surface area (Å²) < 4.78 is 24.4. The molecule has 0 aliphatic carbocycles. The number of nitrogens with zero attached hydrogens (tertiary/aromatic N) is 1. The van der Waals surface area contributed by atoms with Crippen molar-refractivity contribution in [3.8, 4) is 0 Å². The standard InChI is InChI=1S/C13H17NO4S/c1-10-2-4-12(5-3-10)19(17,18)9-11-6-7-14(8-11)13(15)16/h2-5,11H,6-9H2,1H3,(H,15,16). The molecule has 1 aliphatic rings. The van der Waals surface area contributed by atoms with Gasteiger partial charge in [0.25, 0.3) is 0 Å². The van der Waals surface area contributed by atoms with E-state index in [1.165, 1.54) is 4.90 Å². The fraction of sp³-hybridized carbons (Fsp3) is 0.462. The van der Waals surface area contributed by atoms with Gasteiger partial charge in [-0.25, -0.2) is 13.2 Å². The van der Waals surface area contributed by atoms with Gasteiger partial charge in [0.2, 0.25) is 0 Å². The molecular weight excluding hydrogens is 266 g/mol. The Labute approximate surface area is 112 Å². The second kappa shape index (κ2) is 5.21. The first-order valence-electron chi connectivity index (χ1n) is 6.16. The summed E-state index contributed by atoms with van der Waals surface area (Å²) in [5.41, 5.74) is 1.01. The van der Waals surface area contributed by atoms with Crippen LogP contribution in [0.3, 0.4) is 0 Å². The number of benzene rings is 1. The summed E-state index contributed by atoms with van der Waals surface area (Å²) in [7, 11) is -3.33. The predicted octanol–water partition coefficient (Wildman–Crippen LogP) is 1.77. The summed E-state index contributed by atoms with van der Waals surface area (Å²) in [6, 6.07) is 6.75. The first kappa shape index (κ1) is 13.9. The zero-order valence-corrected chi connectivity index (χ0v) is 11.6. The second-order valence-corrected chi connectivity index (χ2v) is 7.01. The van der Waals surface area contributed by atoms with Crippen LogP contribution in [0.5, 0.6) is 0 Å². The number of carboxylic acid groups (broad SMARTS) is 1. The predicted molar refractivity (Wildman–Crippen MR) is 70.9 cm³/mol. The van der Waals surface area contributed by atoms with Crippen molar-refractivity contribution in [1.29, 1.82) is 0 Å². The molecule has 5 nitrogen and oxygen atoms in total. The summed E-state index contributed by atoms with van der Waals surface area (Å²) in [5, 5.41) is 8.85. The minimum Gasteiger partial charge on any atom is -0.465 e. The van der Waals surface area contributed by atoms with Crippen molar-refractivity contribution in [1.82, 2.24) is 4.90 Å². The summed E-state index contributed by atoms with van der Waals surface area (Å²) in [4.78, 5) is 12.4. The SMILES string of the molecule is Cc1ccc(S(=O)(=O)CC2CCN(C(=O)O)C2)cc1. The lowest BCUT2D eigenvalue weighted by Crippen LogP contribution is -2.28. The van der Waals surface area contributed by atoms with Gasteiger partial charge in [-0.3, -0.25) is 0 Å². The Morgan fingerprint density at radius 3 is 2.53 bits per heavy atom. The quantitative estimate of drug-likeness (QED) is 0.917. The lowest BCUT2D eigenvalue weighted by molar-refractivity contribution is 0.154. The zero-order chi connectivity index (χ0) is 14.0. The maximum atomic E-state index is 12.2. The van der Waals surface area contributed by atoms with Crippen LogP contribution >= 0.6 is 0 Å². The molecule has 1 heterocycles. The molecule has 1 saturated heterocycles. The number of hydrogen-bond donors (Lipinski definition) is 1. The number of carbonyl (C=O) groups is 1. The number of amides is 1. The highest BCUT2D eigenvalue weighted by atomic mass is 32.2. The lowest BCUT2D eigenvalue weighted by Gasteiger charge is -2.12. The van der Waals surface area contributed by atoms with Gasteiger partial charge in [0, 0.05) is 13.1 Å². The Hall–Kier alpha value is -1.56. The molecule has 0 saturated carbocycles. The summed E-state index contributed by atoms with van der Waals surface area (Å²) >= 11 is 0. The zero-order valence-electron chi connectivity index (χ0n) is 10.7. The van der Waals surface area contributed by atoms with Crippen LogP contribution in [0.1, 0.15) is 12.0 Å². The highest BCUT2D eigenvalue weighted by Crippen LogP contribution is 2.22. The van der Waals surface area contributed by atoms with E-state index in [1.807, 2.05) is 6.92 Å². The minimum atomic E-state index is -3.33. The van der Waals surface area contributed by atoms with Crippen molar-refractivity contribution in [2.45, 2.75) is 18.2 Å². The van der Waals surface area contributed by atoms with Crippen molar-refractivity contribution in [3.63, 3.8) is 0 Å². The van der Waals surface area contributed by atoms with E-state index in [0.29, 0.717) is 24.4 Å². The molecular formula is C13H17NO4S. The first-order valence-corrected chi connectivity index (χ1v) is 7.81. The van der Waals surface area contributed by atoms with Crippen molar-refractivity contribution in [2.75, 3.05) is 18.8 Å². The number of rotatable bonds is 3. The summed E-state index contributed by atoms with van der Waals surface area (Å²) in [6.45, 7) is 2.63. The Balaban J connectivity index is 2.06. The van der Waals surface area contributed by atoms with Crippen LogP contribution in [0.25, 0.3) is 0 Å². The average Bonchev–Trinajstić information content (AvgIpc) is 2.77. The number of sulfone groups is 1. The second-order valence-electron chi connectivity index (χ2n) is 4.98. The molecule has 0 aromatic heterocycles. The largest absolute Gasteiger partial charge is 0.465 e. The van der Waals surface area contributed by atoms with Crippen LogP contribution in [-0.2, 0) is 9.84 Å². The van der Waals surface area contributed by atoms with Gasteiger partial charge in [-0.05, 0) is 31.4 Å². The van der Waals surface area contributed by atoms with Crippen LogP contribution in [0.2, 0.25) is 0 Å². The van der Waals surface area contributed by atoms with E-state index in [-0.39, 0.29) is 11.7 Å². The number of aryl methyl sites for hydroxylation is 1. The highest BCUT2D eigenvalue weighted by molar-refractivity contribution is 7.91. The van der Waals surface area contributed by atoms with E-state index in [0.717, 1.165) is 5.56 Å². The molecule has 0 spiro atoms. The smallest absolute Gasteiger partial charge is 0.407 e. The number of hydrogen-bond acceptors (Lipinski definition) is 3. The Morgan fingerprint density at radius 2 is 2.00 bits per heavy atom. The maximum Gasteiger partial charge on any atom is 0.407 e. The highest BCUT2D eigenvalue weighted by Gasteiger charge is 2.30. The molecule has 1 fully saturated rings. The van der Waals surface area contributed by atoms with Crippen molar-refractivity contribution in [3.05, 3.63) is 29.8 Å². The van der Waals surface area contributed by atoms with Gasteiger partial charge in [0.05, 0.1) is 10.6 Å². The molecule has 1 aliphatic heterocycles. The maximum absolute atomic E-state index is 12.2. The molecule has 104 valence electrons. The molecule has 0 radical (unpaired) electrons. The molecule has 19 heavy (non-hydrogen) atoms. The molecule has 1 atom stereocenters. The molecule has 1 unspecified atom stereocenters. The van der Waals surface area contributed by atoms with Gasteiger partial charge in [-0.15, -0.1) is 0 Å². The van der Waals surface area contributed by atoms with Gasteiger partial charge >= 0.3 is 6.09 Å². The monoisotopic (exact) mass is 283 g/mol. The van der Waals surface area contributed by atoms with Crippen molar-refractivity contribution in [2.24, 2.45) is 5.92 Å². The van der Waals surface area contributed by atoms with E-state index < -0.39 is 15.9 Å². The Bertz CT molecular complexity index is 565. The van der Waals surface area contributed by atoms with Gasteiger partial charge in [0.15, 0.2) is 9.84 Å². The Morgan fingerprint density at radius 1 is 1.37 bits per heavy atom. The van der Waals surface area contributed by atoms with Crippen LogP contribution in [0.4, 0.5) is 4.79 Å². The summed E-state index contributed by atoms with van der Waals surface area (Å²) in [6.07, 6.45) is -0.368. The fourth-order valence-electron chi connectivity index (χ4n) is 2.29. The third kappa shape index (κ3) is 3.26. The summed E-state index contributed by atoms with van der Waals surface area (Å²) in [5.74, 6) is -0.0952. The van der Waals surface area contributed by atoms with Crippen molar-refractivity contribution < 1.29 is 18.3 Å². The number of likely N-dealkylation sites (tertiary alicyclic amines) is 1. The van der Waals surface area contributed by atoms with E-state index in [9.17, 15) is 13.2 Å². The molecule has 1 amide bonds. The lowest BCUT2D eigenvalue weighted by atomic mass is 10.2. The van der Waals surface area contributed by atoms with Crippen LogP contribution < -0.4 is 0 Å². The Kier molecular flexibility index (Phi) is 3.80. The van der Waals surface area contributed by atoms with Crippen LogP contribution in [-0.4, -0.2) is 43.4 Å². The first-order chi connectivity index (χ1) is 8.88. The average molecular weight is 283 g/mol. The normalized spacial score (nSPS) is 19.6. The molecule has 0 bridgehead atoms. The fourth-order valence-corrected chi connectivity index (χ4v) is 3.93. The van der Waals surface area contributed by atoms with Gasteiger partial charge in [0.1, 0.15) is 0 Å². The van der Waals surface area contributed by atoms with E-state index >= 15 is 0 Å².